The first-order chi connectivity index (χ1) is 10.9. The van der Waals surface area contributed by atoms with Gasteiger partial charge in [0.15, 0.2) is 0 Å². The molecule has 1 aliphatic rings. The van der Waals surface area contributed by atoms with Crippen LogP contribution < -0.4 is 5.48 Å². The van der Waals surface area contributed by atoms with Gasteiger partial charge in [0.1, 0.15) is 0 Å². The predicted octanol–water partition coefficient (Wildman–Crippen LogP) is 4.02. The number of likely N-dealkylation sites (N-methyl/N-ethyl adjacent to an activating group) is 1. The lowest BCUT2D eigenvalue weighted by Crippen LogP contribution is -2.25. The van der Waals surface area contributed by atoms with E-state index >= 15 is 0 Å². The van der Waals surface area contributed by atoms with E-state index in [1.54, 1.807) is 0 Å². The number of hydrogen-bond acceptors (Lipinski definition) is 3. The molecule has 23 heavy (non-hydrogen) atoms. The molecule has 1 N–H and O–H groups in total. The monoisotopic (exact) mass is 312 g/mol. The molecule has 0 radical (unpaired) electrons. The van der Waals surface area contributed by atoms with Crippen molar-refractivity contribution >= 4 is 5.57 Å². The topological polar surface area (TPSA) is 24.5 Å². The first kappa shape index (κ1) is 17.5. The third-order valence-corrected chi connectivity index (χ3v) is 3.86. The van der Waals surface area contributed by atoms with Gasteiger partial charge in [0.25, 0.3) is 0 Å². The minimum atomic E-state index is 0.0784. The average Bonchev–Trinajstić information content (AvgIpc) is 2.50. The van der Waals surface area contributed by atoms with Crippen LogP contribution in [0.2, 0.25) is 0 Å². The molecule has 1 aromatic carbocycles. The maximum atomic E-state index is 5.58. The van der Waals surface area contributed by atoms with E-state index in [0.29, 0.717) is 6.61 Å². The first-order valence-electron chi connectivity index (χ1n) is 8.08. The average molecular weight is 312 g/mol. The minimum Gasteiger partial charge on any atom is -0.307 e. The van der Waals surface area contributed by atoms with Gasteiger partial charge in [-0.2, -0.15) is 0 Å². The Bertz CT molecular complexity index is 597. The number of hydrogen-bond donors (Lipinski definition) is 1. The number of benzene rings is 1. The van der Waals surface area contributed by atoms with Crippen molar-refractivity contribution in [3.8, 4) is 0 Å². The van der Waals surface area contributed by atoms with E-state index in [2.05, 4.69) is 67.2 Å². The van der Waals surface area contributed by atoms with Crippen LogP contribution in [0.3, 0.4) is 0 Å². The van der Waals surface area contributed by atoms with Crippen LogP contribution in [0.4, 0.5) is 0 Å². The van der Waals surface area contributed by atoms with Crippen molar-refractivity contribution in [3.05, 3.63) is 65.9 Å². The summed E-state index contributed by atoms with van der Waals surface area (Å²) >= 11 is 0. The third kappa shape index (κ3) is 5.38. The lowest BCUT2D eigenvalue weighted by Gasteiger charge is -2.29. The van der Waals surface area contributed by atoms with Crippen molar-refractivity contribution in [3.63, 3.8) is 0 Å². The smallest absolute Gasteiger partial charge is 0.0872 e. The summed E-state index contributed by atoms with van der Waals surface area (Å²) in [5.41, 5.74) is 7.68. The number of nitrogens with one attached hydrogen (secondary N) is 1. The summed E-state index contributed by atoms with van der Waals surface area (Å²) in [4.78, 5) is 7.67. The second kappa shape index (κ2) is 7.62. The molecular weight excluding hydrogens is 284 g/mol. The van der Waals surface area contributed by atoms with Crippen LogP contribution in [-0.2, 0) is 4.84 Å². The maximum Gasteiger partial charge on any atom is 0.0872 e. The highest BCUT2D eigenvalue weighted by Crippen LogP contribution is 2.38. The van der Waals surface area contributed by atoms with E-state index in [1.165, 1.54) is 11.1 Å². The fourth-order valence-corrected chi connectivity index (χ4v) is 2.68. The van der Waals surface area contributed by atoms with E-state index in [4.69, 9.17) is 4.84 Å². The Hall–Kier alpha value is -1.84. The molecule has 0 spiro atoms. The van der Waals surface area contributed by atoms with Crippen LogP contribution in [0.25, 0.3) is 5.57 Å². The molecule has 0 saturated carbocycles. The van der Waals surface area contributed by atoms with E-state index < -0.39 is 0 Å². The number of rotatable bonds is 7. The van der Waals surface area contributed by atoms with Crippen LogP contribution in [0.1, 0.15) is 25.8 Å². The molecule has 0 fully saturated rings. The van der Waals surface area contributed by atoms with Gasteiger partial charge in [0.05, 0.1) is 12.3 Å². The Morgan fingerprint density at radius 2 is 1.96 bits per heavy atom. The highest BCUT2D eigenvalue weighted by molar-refractivity contribution is 5.78. The minimum absolute atomic E-state index is 0.0784. The largest absolute Gasteiger partial charge is 0.307 e. The van der Waals surface area contributed by atoms with Crippen molar-refractivity contribution in [2.45, 2.75) is 20.3 Å². The molecule has 0 amide bonds. The first-order valence-corrected chi connectivity index (χ1v) is 8.08. The molecular formula is C20H28N2O. The van der Waals surface area contributed by atoms with Gasteiger partial charge >= 0.3 is 0 Å². The van der Waals surface area contributed by atoms with Crippen LogP contribution in [0, 0.1) is 5.41 Å². The fourth-order valence-electron chi connectivity index (χ4n) is 2.68. The summed E-state index contributed by atoms with van der Waals surface area (Å²) in [6, 6.07) is 10.3. The molecule has 0 bridgehead atoms. The van der Waals surface area contributed by atoms with Crippen LogP contribution >= 0.6 is 0 Å². The van der Waals surface area contributed by atoms with E-state index in [1.807, 2.05) is 20.2 Å². The Labute approximate surface area is 140 Å². The molecule has 1 aliphatic carbocycles. The highest BCUT2D eigenvalue weighted by atomic mass is 16.6. The summed E-state index contributed by atoms with van der Waals surface area (Å²) < 4.78 is 0. The molecule has 3 nitrogen and oxygen atoms in total. The van der Waals surface area contributed by atoms with Gasteiger partial charge in [0.2, 0.25) is 0 Å². The van der Waals surface area contributed by atoms with Gasteiger partial charge < -0.3 is 4.90 Å². The summed E-state index contributed by atoms with van der Waals surface area (Å²) in [5.74, 6) is 0. The summed E-state index contributed by atoms with van der Waals surface area (Å²) in [6.07, 6.45) is 5.35. The van der Waals surface area contributed by atoms with Crippen molar-refractivity contribution in [2.75, 3.05) is 27.2 Å². The zero-order valence-corrected chi connectivity index (χ0v) is 14.7. The number of allylic oxidation sites excluding steroid dienone is 4. The molecule has 0 saturated heterocycles. The van der Waals surface area contributed by atoms with Gasteiger partial charge in [-0.25, -0.2) is 0 Å². The molecule has 2 rings (SSSR count). The predicted molar refractivity (Wildman–Crippen MR) is 97.7 cm³/mol. The second-order valence-electron chi connectivity index (χ2n) is 7.03. The zero-order valence-electron chi connectivity index (χ0n) is 14.7. The van der Waals surface area contributed by atoms with Gasteiger partial charge in [-0.1, -0.05) is 56.8 Å². The van der Waals surface area contributed by atoms with Crippen LogP contribution in [0.15, 0.2) is 60.3 Å². The molecule has 3 heteroatoms. The Kier molecular flexibility index (Phi) is 5.80. The molecule has 0 heterocycles. The molecule has 0 aromatic heterocycles. The van der Waals surface area contributed by atoms with Gasteiger partial charge in [-0.05, 0) is 48.7 Å². The third-order valence-electron chi connectivity index (χ3n) is 3.86. The highest BCUT2D eigenvalue weighted by Gasteiger charge is 2.24. The SMILES string of the molecule is C=C(C1=CC(NOCCN(C)C)=CC(C)(C)C1)c1ccccc1. The van der Waals surface area contributed by atoms with Crippen molar-refractivity contribution in [2.24, 2.45) is 5.41 Å². The van der Waals surface area contributed by atoms with Gasteiger partial charge in [-0.15, -0.1) is 0 Å². The van der Waals surface area contributed by atoms with Crippen LogP contribution in [-0.4, -0.2) is 32.1 Å². The fraction of sp³-hybridized carbons (Fsp3) is 0.400. The second-order valence-corrected chi connectivity index (χ2v) is 7.03. The molecule has 0 atom stereocenters. The van der Waals surface area contributed by atoms with Gasteiger partial charge in [-0.3, -0.25) is 10.3 Å². The normalized spacial score (nSPS) is 16.7. The van der Waals surface area contributed by atoms with Crippen LogP contribution in [0.5, 0.6) is 0 Å². The number of hydroxylamine groups is 1. The standard InChI is InChI=1S/C20H28N2O/c1-16(17-9-7-6-8-10-17)18-13-19(15-20(2,3)14-18)21-23-12-11-22(4)5/h6-10,13,15,21H,1,11-12,14H2,2-5H3. The Morgan fingerprint density at radius 1 is 1.26 bits per heavy atom. The Morgan fingerprint density at radius 3 is 2.61 bits per heavy atom. The van der Waals surface area contributed by atoms with Crippen molar-refractivity contribution in [1.82, 2.24) is 10.4 Å². The zero-order chi connectivity index (χ0) is 16.9. The number of nitrogens with zero attached hydrogens (tertiary/aromatic N) is 1. The maximum absolute atomic E-state index is 5.58. The summed E-state index contributed by atoms with van der Waals surface area (Å²) in [6.45, 7) is 10.3. The lowest BCUT2D eigenvalue weighted by molar-refractivity contribution is 0.0536. The van der Waals surface area contributed by atoms with E-state index in [0.717, 1.165) is 24.2 Å². The Balaban J connectivity index is 2.08. The molecule has 124 valence electrons. The molecule has 1 aromatic rings. The van der Waals surface area contributed by atoms with Crippen molar-refractivity contribution < 1.29 is 4.84 Å². The van der Waals surface area contributed by atoms with Crippen molar-refractivity contribution in [1.29, 1.82) is 0 Å². The van der Waals surface area contributed by atoms with E-state index in [-0.39, 0.29) is 5.41 Å². The summed E-state index contributed by atoms with van der Waals surface area (Å²) in [5, 5.41) is 0. The molecule has 0 unspecified atom stereocenters. The quantitative estimate of drug-likeness (QED) is 0.608. The lowest BCUT2D eigenvalue weighted by atomic mass is 9.78. The van der Waals surface area contributed by atoms with Gasteiger partial charge in [0, 0.05) is 6.54 Å². The van der Waals surface area contributed by atoms with E-state index in [9.17, 15) is 0 Å². The molecule has 0 aliphatic heterocycles. The summed E-state index contributed by atoms with van der Waals surface area (Å²) in [7, 11) is 4.07.